The Morgan fingerprint density at radius 1 is 1.75 bits per heavy atom. The van der Waals surface area contributed by atoms with Gasteiger partial charge in [0.25, 0.3) is 0 Å². The van der Waals surface area contributed by atoms with Crippen LogP contribution in [0.3, 0.4) is 0 Å². The highest BCUT2D eigenvalue weighted by Crippen LogP contribution is 1.71. The van der Waals surface area contributed by atoms with Crippen LogP contribution in [0.2, 0.25) is 0 Å². The molecule has 1 atom stereocenters. The molecule has 5 heteroatoms. The van der Waals surface area contributed by atoms with Gasteiger partial charge in [0.05, 0.1) is 6.10 Å². The van der Waals surface area contributed by atoms with Gasteiger partial charge in [-0.1, -0.05) is 0 Å². The molecule has 0 aromatic heterocycles. The lowest BCUT2D eigenvalue weighted by atomic mass is 10.4. The molecule has 8 heavy (non-hydrogen) atoms. The third kappa shape index (κ3) is 5.87. The topological polar surface area (TPSA) is 66.4 Å². The minimum Gasteiger partial charge on any atom is -0.392 e. The Labute approximate surface area is 49.6 Å². The fourth-order valence-corrected chi connectivity index (χ4v) is 0.620. The van der Waals surface area contributed by atoms with Crippen molar-refractivity contribution in [1.29, 1.82) is 0 Å². The molecule has 0 amide bonds. The van der Waals surface area contributed by atoms with Gasteiger partial charge >= 0.3 is 0 Å². The number of hydrogen-bond donors (Lipinski definition) is 3. The Kier molecular flexibility index (Phi) is 3.76. The van der Waals surface area contributed by atoms with Gasteiger partial charge in [0.15, 0.2) is 0 Å². The molecule has 1 unspecified atom stereocenters. The minimum absolute atomic E-state index is 0.0959. The van der Waals surface area contributed by atoms with Gasteiger partial charge in [-0.3, -0.25) is 0 Å². The lowest BCUT2D eigenvalue weighted by Crippen LogP contribution is -2.22. The second-order valence-electron chi connectivity index (χ2n) is 1.47. The molecule has 0 aromatic rings. The zero-order chi connectivity index (χ0) is 6.57. The van der Waals surface area contributed by atoms with Crippen LogP contribution in [0.25, 0.3) is 0 Å². The molecule has 0 heterocycles. The molecule has 0 aliphatic heterocycles. The highest BCUT2D eigenvalue weighted by atomic mass is 32.2. The van der Waals surface area contributed by atoms with Gasteiger partial charge in [-0.05, 0) is 6.92 Å². The second-order valence-corrected chi connectivity index (χ2v) is 2.30. The number of aliphatic hydroxyl groups excluding tert-OH is 1. The molecule has 0 aromatic carbocycles. The highest BCUT2D eigenvalue weighted by Gasteiger charge is 1.91. The molecular formula is C3H9NO3S. The van der Waals surface area contributed by atoms with Gasteiger partial charge in [-0.25, -0.2) is 13.1 Å². The summed E-state index contributed by atoms with van der Waals surface area (Å²) in [5.41, 5.74) is 0. The third-order valence-corrected chi connectivity index (χ3v) is 0.957. The van der Waals surface area contributed by atoms with Crippen LogP contribution in [0.5, 0.6) is 0 Å². The fraction of sp³-hybridized carbons (Fsp3) is 1.00. The van der Waals surface area contributed by atoms with E-state index in [-0.39, 0.29) is 6.54 Å². The van der Waals surface area contributed by atoms with Gasteiger partial charge < -0.3 is 5.11 Å². The standard InChI is InChI=1S/C3H9NO3S/c1-3(5)2-4-8(6)7/h3,5,8H,2H2,1H3,(H,4,6,7). The van der Waals surface area contributed by atoms with Crippen molar-refractivity contribution in [3.63, 3.8) is 0 Å². The number of aliphatic hydroxyl groups is 1. The van der Waals surface area contributed by atoms with Crippen LogP contribution in [0, 0.1) is 0 Å². The van der Waals surface area contributed by atoms with Crippen LogP contribution in [-0.2, 0) is 10.9 Å². The predicted octanol–water partition coefficient (Wildman–Crippen LogP) is -1.52. The summed E-state index contributed by atoms with van der Waals surface area (Å²) in [6.45, 7) is 1.60. The summed E-state index contributed by atoms with van der Waals surface area (Å²) in [6.07, 6.45) is -0.608. The van der Waals surface area contributed by atoms with Gasteiger partial charge in [0.1, 0.15) is 0 Å². The summed E-state index contributed by atoms with van der Waals surface area (Å²) in [5, 5.41) is 8.47. The van der Waals surface area contributed by atoms with Crippen molar-refractivity contribution in [2.45, 2.75) is 13.0 Å². The van der Waals surface area contributed by atoms with Crippen molar-refractivity contribution < 1.29 is 13.5 Å². The van der Waals surface area contributed by atoms with Gasteiger partial charge in [0, 0.05) is 6.54 Å². The Morgan fingerprint density at radius 2 is 2.25 bits per heavy atom. The number of hydrogen-bond acceptors (Lipinski definition) is 3. The summed E-state index contributed by atoms with van der Waals surface area (Å²) in [4.78, 5) is 0. The molecule has 0 aliphatic carbocycles. The van der Waals surface area contributed by atoms with Gasteiger partial charge in [0.2, 0.25) is 10.9 Å². The van der Waals surface area contributed by atoms with Crippen LogP contribution in [0.4, 0.5) is 0 Å². The Hall–Kier alpha value is -0.130. The van der Waals surface area contributed by atoms with E-state index in [4.69, 9.17) is 5.11 Å². The van der Waals surface area contributed by atoms with E-state index in [9.17, 15) is 8.42 Å². The first-order valence-corrected chi connectivity index (χ1v) is 3.36. The van der Waals surface area contributed by atoms with E-state index < -0.39 is 17.0 Å². The molecule has 0 fully saturated rings. The zero-order valence-corrected chi connectivity index (χ0v) is 5.39. The molecule has 4 nitrogen and oxygen atoms in total. The van der Waals surface area contributed by atoms with E-state index in [1.54, 1.807) is 0 Å². The monoisotopic (exact) mass is 139 g/mol. The molecule has 0 radical (unpaired) electrons. The SMILES string of the molecule is CC(O)CN[SH](=O)=O. The summed E-state index contributed by atoms with van der Waals surface area (Å²) < 4.78 is 21.5. The van der Waals surface area contributed by atoms with Crippen molar-refractivity contribution in [2.75, 3.05) is 6.54 Å². The maximum atomic E-state index is 9.72. The first-order valence-electron chi connectivity index (χ1n) is 2.19. The summed E-state index contributed by atoms with van der Waals surface area (Å²) in [7, 11) is -2.54. The maximum absolute atomic E-state index is 9.72. The van der Waals surface area contributed by atoms with Crippen LogP contribution in [0.15, 0.2) is 0 Å². The third-order valence-electron chi connectivity index (χ3n) is 0.516. The van der Waals surface area contributed by atoms with E-state index >= 15 is 0 Å². The lowest BCUT2D eigenvalue weighted by molar-refractivity contribution is 0.199. The first kappa shape index (κ1) is 7.87. The first-order chi connectivity index (χ1) is 3.63. The second kappa shape index (κ2) is 3.82. The predicted molar refractivity (Wildman–Crippen MR) is 30.0 cm³/mol. The van der Waals surface area contributed by atoms with Crippen LogP contribution in [-0.4, -0.2) is 26.2 Å². The molecule has 0 saturated carbocycles. The molecule has 0 rings (SSSR count). The molecule has 50 valence electrons. The van der Waals surface area contributed by atoms with Crippen molar-refractivity contribution in [3.05, 3.63) is 0 Å². The van der Waals surface area contributed by atoms with E-state index in [2.05, 4.69) is 0 Å². The molecule has 0 spiro atoms. The quantitative estimate of drug-likeness (QED) is 0.416. The zero-order valence-electron chi connectivity index (χ0n) is 4.50. The van der Waals surface area contributed by atoms with Crippen molar-refractivity contribution in [1.82, 2.24) is 4.72 Å². The van der Waals surface area contributed by atoms with Crippen LogP contribution >= 0.6 is 0 Å². The summed E-state index contributed by atoms with van der Waals surface area (Å²) in [5.74, 6) is 0. The number of thiol groups is 1. The molecule has 0 bridgehead atoms. The molecule has 0 saturated heterocycles. The Bertz CT molecular complexity index is 112. The summed E-state index contributed by atoms with van der Waals surface area (Å²) in [6, 6.07) is 0. The van der Waals surface area contributed by atoms with E-state index in [0.29, 0.717) is 0 Å². The van der Waals surface area contributed by atoms with E-state index in [1.807, 2.05) is 4.72 Å². The van der Waals surface area contributed by atoms with Crippen molar-refractivity contribution in [3.8, 4) is 0 Å². The highest BCUT2D eigenvalue weighted by molar-refractivity contribution is 7.70. The van der Waals surface area contributed by atoms with E-state index in [0.717, 1.165) is 0 Å². The van der Waals surface area contributed by atoms with Crippen LogP contribution in [0.1, 0.15) is 6.92 Å². The van der Waals surface area contributed by atoms with E-state index in [1.165, 1.54) is 6.92 Å². The Balaban J connectivity index is 3.18. The maximum Gasteiger partial charge on any atom is 0.201 e. The lowest BCUT2D eigenvalue weighted by Gasteiger charge is -1.97. The average Bonchev–Trinajstić information content (AvgIpc) is 1.61. The van der Waals surface area contributed by atoms with Crippen LogP contribution < -0.4 is 4.72 Å². The fourth-order valence-electron chi connectivity index (χ4n) is 0.207. The average molecular weight is 139 g/mol. The van der Waals surface area contributed by atoms with Crippen molar-refractivity contribution >= 4 is 10.9 Å². The normalized spacial score (nSPS) is 14.4. The molecular weight excluding hydrogens is 130 g/mol. The smallest absolute Gasteiger partial charge is 0.201 e. The van der Waals surface area contributed by atoms with Gasteiger partial charge in [-0.2, -0.15) is 0 Å². The van der Waals surface area contributed by atoms with Crippen molar-refractivity contribution in [2.24, 2.45) is 0 Å². The van der Waals surface area contributed by atoms with Gasteiger partial charge in [-0.15, -0.1) is 0 Å². The minimum atomic E-state index is -2.54. The summed E-state index contributed by atoms with van der Waals surface area (Å²) >= 11 is 0. The number of rotatable bonds is 3. The molecule has 0 aliphatic rings. The largest absolute Gasteiger partial charge is 0.392 e. The number of nitrogens with one attached hydrogen (secondary N) is 1. The molecule has 2 N–H and O–H groups in total. The Morgan fingerprint density at radius 3 is 2.38 bits per heavy atom.